The highest BCUT2D eigenvalue weighted by Crippen LogP contribution is 2.64. The molecule has 0 bridgehead atoms. The molecule has 0 amide bonds. The van der Waals surface area contributed by atoms with Gasteiger partial charge in [-0.05, 0) is 20.3 Å². The molecule has 1 aliphatic rings. The molecule has 0 saturated heterocycles. The molecule has 2 atom stereocenters. The normalized spacial score (nSPS) is 36.6. The predicted octanol–water partition coefficient (Wildman–Crippen LogP) is 0.749. The molecule has 0 aromatic carbocycles. The van der Waals surface area contributed by atoms with Crippen LogP contribution in [0.4, 0.5) is 0 Å². The van der Waals surface area contributed by atoms with Crippen molar-refractivity contribution >= 4 is 11.9 Å². The average Bonchev–Trinajstić information content (AvgIpc) is 2.69. The van der Waals surface area contributed by atoms with E-state index in [-0.39, 0.29) is 11.9 Å². The fourth-order valence-electron chi connectivity index (χ4n) is 1.71. The number of methoxy groups -OCH3 is 2. The summed E-state index contributed by atoms with van der Waals surface area (Å²) in [5.41, 5.74) is -1.40. The van der Waals surface area contributed by atoms with Crippen molar-refractivity contribution in [1.29, 1.82) is 0 Å². The predicted molar refractivity (Wildman–Crippen MR) is 44.9 cm³/mol. The summed E-state index contributed by atoms with van der Waals surface area (Å²) in [6.07, 6.45) is 0.499. The monoisotopic (exact) mass is 186 g/mol. The second-order valence-electron chi connectivity index (χ2n) is 3.82. The molecule has 4 nitrogen and oxygen atoms in total. The lowest BCUT2D eigenvalue weighted by Crippen LogP contribution is -2.27. The van der Waals surface area contributed by atoms with E-state index in [1.165, 1.54) is 14.2 Å². The van der Waals surface area contributed by atoms with Gasteiger partial charge in [-0.1, -0.05) is 0 Å². The fourth-order valence-corrected chi connectivity index (χ4v) is 1.71. The van der Waals surface area contributed by atoms with E-state index in [9.17, 15) is 9.59 Å². The lowest BCUT2D eigenvalue weighted by Gasteiger charge is -2.13. The SMILES string of the molecule is COC(=O)C1(C)CC1(C)C(=O)OC. The van der Waals surface area contributed by atoms with Gasteiger partial charge in [-0.25, -0.2) is 0 Å². The van der Waals surface area contributed by atoms with Crippen molar-refractivity contribution in [3.8, 4) is 0 Å². The number of carbonyl (C=O) groups is 2. The van der Waals surface area contributed by atoms with Crippen molar-refractivity contribution in [2.24, 2.45) is 10.8 Å². The zero-order chi connectivity index (χ0) is 10.3. The molecular formula is C9H14O4. The van der Waals surface area contributed by atoms with E-state index < -0.39 is 10.8 Å². The highest BCUT2D eigenvalue weighted by atomic mass is 16.5. The van der Waals surface area contributed by atoms with Crippen LogP contribution in [-0.2, 0) is 19.1 Å². The molecular weight excluding hydrogens is 172 g/mol. The van der Waals surface area contributed by atoms with Gasteiger partial charge in [0.25, 0.3) is 0 Å². The van der Waals surface area contributed by atoms with Gasteiger partial charge in [0.15, 0.2) is 0 Å². The highest BCUT2D eigenvalue weighted by molar-refractivity contribution is 5.93. The Morgan fingerprint density at radius 2 is 1.31 bits per heavy atom. The number of ether oxygens (including phenoxy) is 2. The minimum absolute atomic E-state index is 0.347. The maximum absolute atomic E-state index is 11.3. The summed E-state index contributed by atoms with van der Waals surface area (Å²) in [6, 6.07) is 0. The second-order valence-corrected chi connectivity index (χ2v) is 3.82. The number of rotatable bonds is 2. The van der Waals surface area contributed by atoms with Crippen LogP contribution < -0.4 is 0 Å². The maximum atomic E-state index is 11.3. The molecule has 0 aromatic heterocycles. The topological polar surface area (TPSA) is 52.6 Å². The molecule has 0 spiro atoms. The first-order valence-electron chi connectivity index (χ1n) is 4.09. The minimum Gasteiger partial charge on any atom is -0.469 e. The number of esters is 2. The van der Waals surface area contributed by atoms with Gasteiger partial charge in [0.1, 0.15) is 0 Å². The summed E-state index contributed by atoms with van der Waals surface area (Å²) in [5.74, 6) is -0.694. The van der Waals surface area contributed by atoms with Gasteiger partial charge >= 0.3 is 11.9 Å². The van der Waals surface area contributed by atoms with E-state index in [1.54, 1.807) is 13.8 Å². The molecule has 2 unspecified atom stereocenters. The Morgan fingerprint density at radius 3 is 1.54 bits per heavy atom. The molecule has 74 valence electrons. The van der Waals surface area contributed by atoms with E-state index >= 15 is 0 Å². The number of hydrogen-bond donors (Lipinski definition) is 0. The zero-order valence-corrected chi connectivity index (χ0v) is 8.34. The van der Waals surface area contributed by atoms with E-state index in [1.807, 2.05) is 0 Å². The van der Waals surface area contributed by atoms with Crippen LogP contribution in [0.15, 0.2) is 0 Å². The molecule has 1 aliphatic carbocycles. The molecule has 0 aromatic rings. The Bertz CT molecular complexity index is 234. The van der Waals surface area contributed by atoms with Crippen molar-refractivity contribution in [1.82, 2.24) is 0 Å². The first-order valence-corrected chi connectivity index (χ1v) is 4.09. The van der Waals surface area contributed by atoms with E-state index in [2.05, 4.69) is 9.47 Å². The molecule has 0 N–H and O–H groups in total. The molecule has 1 rings (SSSR count). The lowest BCUT2D eigenvalue weighted by molar-refractivity contribution is -0.156. The standard InChI is InChI=1S/C9H14O4/c1-8(6(10)12-3)5-9(8,2)7(11)13-4/h5H2,1-4H3. The first-order chi connectivity index (χ1) is 5.92. The third-order valence-electron chi connectivity index (χ3n) is 3.07. The lowest BCUT2D eigenvalue weighted by atomic mass is 9.96. The highest BCUT2D eigenvalue weighted by Gasteiger charge is 2.72. The van der Waals surface area contributed by atoms with Gasteiger partial charge in [0.2, 0.25) is 0 Å². The molecule has 0 heterocycles. The van der Waals surface area contributed by atoms with Crippen molar-refractivity contribution in [3.63, 3.8) is 0 Å². The van der Waals surface area contributed by atoms with E-state index in [4.69, 9.17) is 0 Å². The summed E-state index contributed by atoms with van der Waals surface area (Å²) >= 11 is 0. The van der Waals surface area contributed by atoms with Crippen LogP contribution in [0.2, 0.25) is 0 Å². The number of carbonyl (C=O) groups excluding carboxylic acids is 2. The maximum Gasteiger partial charge on any atom is 0.312 e. The summed E-state index contributed by atoms with van der Waals surface area (Å²) in [5, 5.41) is 0. The van der Waals surface area contributed by atoms with Gasteiger partial charge in [0.05, 0.1) is 25.0 Å². The van der Waals surface area contributed by atoms with Crippen LogP contribution in [0.1, 0.15) is 20.3 Å². The van der Waals surface area contributed by atoms with Gasteiger partial charge in [-0.2, -0.15) is 0 Å². The summed E-state index contributed by atoms with van der Waals surface area (Å²) in [7, 11) is 2.65. The van der Waals surface area contributed by atoms with E-state index in [0.29, 0.717) is 6.42 Å². The number of hydrogen-bond acceptors (Lipinski definition) is 4. The second kappa shape index (κ2) is 2.72. The van der Waals surface area contributed by atoms with Gasteiger partial charge in [0, 0.05) is 0 Å². The Balaban J connectivity index is 2.81. The molecule has 1 fully saturated rings. The van der Waals surface area contributed by atoms with Gasteiger partial charge in [-0.3, -0.25) is 9.59 Å². The van der Waals surface area contributed by atoms with Crippen molar-refractivity contribution in [2.45, 2.75) is 20.3 Å². The van der Waals surface area contributed by atoms with Crippen LogP contribution >= 0.6 is 0 Å². The largest absolute Gasteiger partial charge is 0.469 e. The Labute approximate surface area is 77.2 Å². The molecule has 1 saturated carbocycles. The fraction of sp³-hybridized carbons (Fsp3) is 0.778. The van der Waals surface area contributed by atoms with Crippen molar-refractivity contribution in [2.75, 3.05) is 14.2 Å². The quantitative estimate of drug-likeness (QED) is 0.597. The minimum atomic E-state index is -0.700. The van der Waals surface area contributed by atoms with Crippen LogP contribution in [0.5, 0.6) is 0 Å². The summed E-state index contributed by atoms with van der Waals surface area (Å²) in [6.45, 7) is 3.44. The average molecular weight is 186 g/mol. The smallest absolute Gasteiger partial charge is 0.312 e. The molecule has 0 radical (unpaired) electrons. The Hall–Kier alpha value is -1.06. The molecule has 13 heavy (non-hydrogen) atoms. The Kier molecular flexibility index (Phi) is 2.10. The van der Waals surface area contributed by atoms with Crippen LogP contribution in [0, 0.1) is 10.8 Å². The third-order valence-corrected chi connectivity index (χ3v) is 3.07. The van der Waals surface area contributed by atoms with Crippen LogP contribution in [-0.4, -0.2) is 26.2 Å². The summed E-state index contributed by atoms with van der Waals surface area (Å²) < 4.78 is 9.24. The van der Waals surface area contributed by atoms with Gasteiger partial charge in [-0.15, -0.1) is 0 Å². The van der Waals surface area contributed by atoms with Crippen molar-refractivity contribution in [3.05, 3.63) is 0 Å². The molecule has 4 heteroatoms. The van der Waals surface area contributed by atoms with Crippen molar-refractivity contribution < 1.29 is 19.1 Å². The Morgan fingerprint density at radius 1 is 1.00 bits per heavy atom. The molecule has 0 aliphatic heterocycles. The third kappa shape index (κ3) is 1.12. The first kappa shape index (κ1) is 10.0. The van der Waals surface area contributed by atoms with Gasteiger partial charge < -0.3 is 9.47 Å². The van der Waals surface area contributed by atoms with Crippen LogP contribution in [0.25, 0.3) is 0 Å². The van der Waals surface area contributed by atoms with Crippen LogP contribution in [0.3, 0.4) is 0 Å². The summed E-state index contributed by atoms with van der Waals surface area (Å²) in [4.78, 5) is 22.6. The zero-order valence-electron chi connectivity index (χ0n) is 8.34. The van der Waals surface area contributed by atoms with E-state index in [0.717, 1.165) is 0 Å².